The molecule has 9 heteroatoms. The highest BCUT2D eigenvalue weighted by atomic mass is 32.2. The molecule has 0 bridgehead atoms. The standard InChI is InChI=1S/C13H17F2N3O3S/c1-2-7-18-22(20,21)11-5-3-10(4-6-11)12(19)17-9-13(14,15)8-16/h2-6,18H,1,7-9,16H2,(H,17,19). The lowest BCUT2D eigenvalue weighted by molar-refractivity contribution is 0.0118. The summed E-state index contributed by atoms with van der Waals surface area (Å²) in [5, 5.41) is 2.04. The summed E-state index contributed by atoms with van der Waals surface area (Å²) in [5.41, 5.74) is 4.92. The Bertz CT molecular complexity index is 630. The molecule has 0 spiro atoms. The predicted molar refractivity (Wildman–Crippen MR) is 78.2 cm³/mol. The van der Waals surface area contributed by atoms with E-state index < -0.39 is 34.9 Å². The van der Waals surface area contributed by atoms with E-state index in [4.69, 9.17) is 5.73 Å². The van der Waals surface area contributed by atoms with Gasteiger partial charge in [-0.25, -0.2) is 21.9 Å². The molecule has 0 aromatic heterocycles. The Hall–Kier alpha value is -1.84. The first-order valence-corrected chi connectivity index (χ1v) is 7.77. The Morgan fingerprint density at radius 3 is 2.41 bits per heavy atom. The lowest BCUT2D eigenvalue weighted by atomic mass is 10.2. The summed E-state index contributed by atoms with van der Waals surface area (Å²) in [6.45, 7) is 1.70. The number of alkyl halides is 2. The van der Waals surface area contributed by atoms with Gasteiger partial charge in [0.15, 0.2) is 0 Å². The third kappa shape index (κ3) is 5.17. The van der Waals surface area contributed by atoms with Crippen LogP contribution in [-0.4, -0.2) is 39.9 Å². The number of carbonyl (C=O) groups excluding carboxylic acids is 1. The average molecular weight is 333 g/mol. The number of nitrogens with one attached hydrogen (secondary N) is 2. The fourth-order valence-electron chi connectivity index (χ4n) is 1.42. The molecule has 0 heterocycles. The van der Waals surface area contributed by atoms with Gasteiger partial charge in [0.2, 0.25) is 10.0 Å². The molecule has 0 fully saturated rings. The first-order valence-electron chi connectivity index (χ1n) is 6.28. The van der Waals surface area contributed by atoms with Crippen LogP contribution in [0.25, 0.3) is 0 Å². The minimum absolute atomic E-state index is 0.0433. The van der Waals surface area contributed by atoms with E-state index >= 15 is 0 Å². The maximum atomic E-state index is 12.9. The first kappa shape index (κ1) is 18.2. The van der Waals surface area contributed by atoms with Gasteiger partial charge in [-0.3, -0.25) is 4.79 Å². The van der Waals surface area contributed by atoms with E-state index in [-0.39, 0.29) is 17.0 Å². The highest BCUT2D eigenvalue weighted by Crippen LogP contribution is 2.12. The fraction of sp³-hybridized carbons (Fsp3) is 0.308. The zero-order valence-corrected chi connectivity index (χ0v) is 12.5. The molecule has 1 aromatic carbocycles. The second-order valence-electron chi connectivity index (χ2n) is 4.41. The molecule has 1 aromatic rings. The molecule has 0 unspecified atom stereocenters. The summed E-state index contributed by atoms with van der Waals surface area (Å²) in [6.07, 6.45) is 1.39. The second kappa shape index (κ2) is 7.43. The van der Waals surface area contributed by atoms with E-state index in [0.29, 0.717) is 0 Å². The quantitative estimate of drug-likeness (QED) is 0.602. The number of sulfonamides is 1. The van der Waals surface area contributed by atoms with E-state index in [0.717, 1.165) is 0 Å². The van der Waals surface area contributed by atoms with Gasteiger partial charge in [0, 0.05) is 12.1 Å². The Kier molecular flexibility index (Phi) is 6.15. The average Bonchev–Trinajstić information content (AvgIpc) is 2.51. The molecule has 0 saturated carbocycles. The van der Waals surface area contributed by atoms with Crippen LogP contribution in [0.3, 0.4) is 0 Å². The minimum Gasteiger partial charge on any atom is -0.346 e. The van der Waals surface area contributed by atoms with Crippen molar-refractivity contribution in [2.24, 2.45) is 5.73 Å². The fourth-order valence-corrected chi connectivity index (χ4v) is 2.42. The molecule has 4 N–H and O–H groups in total. The van der Waals surface area contributed by atoms with Gasteiger partial charge in [0.05, 0.1) is 18.0 Å². The summed E-state index contributed by atoms with van der Waals surface area (Å²) in [5.74, 6) is -3.93. The van der Waals surface area contributed by atoms with Gasteiger partial charge in [0.1, 0.15) is 0 Å². The highest BCUT2D eigenvalue weighted by molar-refractivity contribution is 7.89. The number of amides is 1. The number of carbonyl (C=O) groups is 1. The Balaban J connectivity index is 2.76. The highest BCUT2D eigenvalue weighted by Gasteiger charge is 2.27. The smallest absolute Gasteiger partial charge is 0.277 e. The maximum Gasteiger partial charge on any atom is 0.277 e. The van der Waals surface area contributed by atoms with E-state index in [1.165, 1.54) is 30.3 Å². The van der Waals surface area contributed by atoms with E-state index in [1.807, 2.05) is 5.32 Å². The Morgan fingerprint density at radius 2 is 1.91 bits per heavy atom. The van der Waals surface area contributed by atoms with Gasteiger partial charge in [0.25, 0.3) is 11.8 Å². The molecule has 1 rings (SSSR count). The Morgan fingerprint density at radius 1 is 1.32 bits per heavy atom. The third-order valence-electron chi connectivity index (χ3n) is 2.65. The minimum atomic E-state index is -3.69. The van der Waals surface area contributed by atoms with Crippen molar-refractivity contribution >= 4 is 15.9 Å². The van der Waals surface area contributed by atoms with Gasteiger partial charge in [-0.15, -0.1) is 6.58 Å². The van der Waals surface area contributed by atoms with Gasteiger partial charge < -0.3 is 11.1 Å². The number of hydrogen-bond donors (Lipinski definition) is 3. The molecule has 0 aliphatic heterocycles. The van der Waals surface area contributed by atoms with Crippen LogP contribution in [0.2, 0.25) is 0 Å². The van der Waals surface area contributed by atoms with Crippen LogP contribution in [-0.2, 0) is 10.0 Å². The molecular weight excluding hydrogens is 316 g/mol. The summed E-state index contributed by atoms with van der Waals surface area (Å²) >= 11 is 0. The number of halogens is 2. The molecule has 122 valence electrons. The third-order valence-corrected chi connectivity index (χ3v) is 4.09. The zero-order valence-electron chi connectivity index (χ0n) is 11.7. The summed E-state index contributed by atoms with van der Waals surface area (Å²) in [6, 6.07) is 4.89. The number of rotatable bonds is 8. The topological polar surface area (TPSA) is 101 Å². The molecule has 0 atom stereocenters. The van der Waals surface area contributed by atoms with Crippen LogP contribution in [0, 0.1) is 0 Å². The van der Waals surface area contributed by atoms with Crippen molar-refractivity contribution in [3.05, 3.63) is 42.5 Å². The lowest BCUT2D eigenvalue weighted by Gasteiger charge is -2.14. The molecule has 22 heavy (non-hydrogen) atoms. The normalized spacial score (nSPS) is 12.0. The van der Waals surface area contributed by atoms with Crippen molar-refractivity contribution in [1.82, 2.24) is 10.0 Å². The molecular formula is C13H17F2N3O3S. The molecule has 0 aliphatic carbocycles. The number of nitrogens with two attached hydrogens (primary N) is 1. The zero-order chi connectivity index (χ0) is 16.8. The van der Waals surface area contributed by atoms with Gasteiger partial charge in [-0.2, -0.15) is 0 Å². The van der Waals surface area contributed by atoms with Crippen molar-refractivity contribution in [1.29, 1.82) is 0 Å². The Labute approximate surface area is 127 Å². The van der Waals surface area contributed by atoms with E-state index in [9.17, 15) is 22.0 Å². The first-order chi connectivity index (χ1) is 10.2. The summed E-state index contributed by atoms with van der Waals surface area (Å²) < 4.78 is 51.7. The van der Waals surface area contributed by atoms with Crippen LogP contribution >= 0.6 is 0 Å². The van der Waals surface area contributed by atoms with Crippen LogP contribution < -0.4 is 15.8 Å². The van der Waals surface area contributed by atoms with Crippen LogP contribution in [0.4, 0.5) is 8.78 Å². The predicted octanol–water partition coefficient (Wildman–Crippen LogP) is 0.475. The maximum absolute atomic E-state index is 12.9. The van der Waals surface area contributed by atoms with Crippen molar-refractivity contribution in [2.45, 2.75) is 10.8 Å². The van der Waals surface area contributed by atoms with E-state index in [1.54, 1.807) is 0 Å². The van der Waals surface area contributed by atoms with Crippen LogP contribution in [0.1, 0.15) is 10.4 Å². The van der Waals surface area contributed by atoms with Gasteiger partial charge in [-0.05, 0) is 24.3 Å². The van der Waals surface area contributed by atoms with Crippen LogP contribution in [0.5, 0.6) is 0 Å². The SMILES string of the molecule is C=CCNS(=O)(=O)c1ccc(C(=O)NCC(F)(F)CN)cc1. The van der Waals surface area contributed by atoms with E-state index in [2.05, 4.69) is 11.3 Å². The van der Waals surface area contributed by atoms with Gasteiger partial charge >= 0.3 is 0 Å². The van der Waals surface area contributed by atoms with Crippen molar-refractivity contribution in [2.75, 3.05) is 19.6 Å². The molecule has 1 amide bonds. The molecule has 0 radical (unpaired) electrons. The van der Waals surface area contributed by atoms with Gasteiger partial charge in [-0.1, -0.05) is 6.08 Å². The summed E-state index contributed by atoms with van der Waals surface area (Å²) in [7, 11) is -3.69. The monoisotopic (exact) mass is 333 g/mol. The number of hydrogen-bond acceptors (Lipinski definition) is 4. The van der Waals surface area contributed by atoms with Crippen molar-refractivity contribution in [3.8, 4) is 0 Å². The molecule has 0 saturated heterocycles. The van der Waals surface area contributed by atoms with Crippen molar-refractivity contribution < 1.29 is 22.0 Å². The van der Waals surface area contributed by atoms with Crippen molar-refractivity contribution in [3.63, 3.8) is 0 Å². The largest absolute Gasteiger partial charge is 0.346 e. The lowest BCUT2D eigenvalue weighted by Crippen LogP contribution is -2.41. The second-order valence-corrected chi connectivity index (χ2v) is 6.17. The van der Waals surface area contributed by atoms with Crippen LogP contribution in [0.15, 0.2) is 41.8 Å². The molecule has 0 aliphatic rings. The molecule has 6 nitrogen and oxygen atoms in total. The summed E-state index contributed by atoms with van der Waals surface area (Å²) in [4.78, 5) is 11.6. The number of benzene rings is 1.